The minimum absolute atomic E-state index is 0.417. The molecule has 1 aliphatic heterocycles. The van der Waals surface area contributed by atoms with Crippen molar-refractivity contribution in [3.8, 4) is 11.5 Å². The van der Waals surface area contributed by atoms with Crippen LogP contribution >= 0.6 is 0 Å². The SMILES string of the molecule is Nc1[nH]ncc1-c1nc(N2CCCCCC2)no1. The first-order chi connectivity index (χ1) is 8.84. The molecule has 0 unspecified atom stereocenters. The fraction of sp³-hybridized carbons (Fsp3) is 0.545. The topological polar surface area (TPSA) is 96.9 Å². The van der Waals surface area contributed by atoms with Gasteiger partial charge < -0.3 is 15.2 Å². The Balaban J connectivity index is 1.82. The van der Waals surface area contributed by atoms with Crippen LogP contribution in [0.25, 0.3) is 11.5 Å². The molecule has 0 amide bonds. The minimum atomic E-state index is 0.417. The monoisotopic (exact) mass is 248 g/mol. The Morgan fingerprint density at radius 3 is 2.67 bits per heavy atom. The van der Waals surface area contributed by atoms with Crippen LogP contribution in [-0.4, -0.2) is 33.4 Å². The molecule has 0 radical (unpaired) electrons. The molecule has 0 saturated carbocycles. The van der Waals surface area contributed by atoms with Gasteiger partial charge in [-0.2, -0.15) is 10.1 Å². The Kier molecular flexibility index (Phi) is 2.87. The highest BCUT2D eigenvalue weighted by Crippen LogP contribution is 2.24. The van der Waals surface area contributed by atoms with Gasteiger partial charge in [0.25, 0.3) is 11.8 Å². The Hall–Kier alpha value is -2.05. The molecular weight excluding hydrogens is 232 g/mol. The van der Waals surface area contributed by atoms with Gasteiger partial charge in [-0.15, -0.1) is 0 Å². The molecule has 0 aromatic carbocycles. The van der Waals surface area contributed by atoms with Crippen molar-refractivity contribution in [2.45, 2.75) is 25.7 Å². The van der Waals surface area contributed by atoms with Crippen LogP contribution in [0, 0.1) is 0 Å². The largest absolute Gasteiger partial charge is 0.383 e. The smallest absolute Gasteiger partial charge is 0.266 e. The molecule has 2 aromatic heterocycles. The predicted molar refractivity (Wildman–Crippen MR) is 67.0 cm³/mol. The summed E-state index contributed by atoms with van der Waals surface area (Å²) in [6.07, 6.45) is 6.50. The first-order valence-corrected chi connectivity index (χ1v) is 6.22. The first-order valence-electron chi connectivity index (χ1n) is 6.22. The standard InChI is InChI=1S/C11H16N6O/c12-9-8(7-13-15-9)10-14-11(16-18-10)17-5-3-1-2-4-6-17/h7H,1-6H2,(H3,12,13,15). The third kappa shape index (κ3) is 2.03. The number of nitrogens with zero attached hydrogens (tertiary/aromatic N) is 4. The summed E-state index contributed by atoms with van der Waals surface area (Å²) < 4.78 is 5.24. The Morgan fingerprint density at radius 2 is 2.00 bits per heavy atom. The number of nitrogen functional groups attached to an aromatic ring is 1. The lowest BCUT2D eigenvalue weighted by atomic mass is 10.2. The number of hydrogen-bond acceptors (Lipinski definition) is 6. The van der Waals surface area contributed by atoms with Crippen molar-refractivity contribution < 1.29 is 4.52 Å². The lowest BCUT2D eigenvalue weighted by Crippen LogP contribution is -2.24. The number of rotatable bonds is 2. The summed E-state index contributed by atoms with van der Waals surface area (Å²) >= 11 is 0. The molecule has 3 N–H and O–H groups in total. The maximum atomic E-state index is 5.73. The van der Waals surface area contributed by atoms with Crippen LogP contribution < -0.4 is 10.6 Å². The van der Waals surface area contributed by atoms with Gasteiger partial charge in [-0.1, -0.05) is 12.8 Å². The van der Waals surface area contributed by atoms with Crippen LogP contribution in [0.2, 0.25) is 0 Å². The Bertz CT molecular complexity index is 511. The second kappa shape index (κ2) is 4.67. The first kappa shape index (κ1) is 11.1. The fourth-order valence-electron chi connectivity index (χ4n) is 2.19. The van der Waals surface area contributed by atoms with E-state index in [0.717, 1.165) is 13.1 Å². The normalized spacial score (nSPS) is 16.8. The van der Waals surface area contributed by atoms with Gasteiger partial charge in [-0.25, -0.2) is 0 Å². The number of anilines is 2. The van der Waals surface area contributed by atoms with Gasteiger partial charge in [0.15, 0.2) is 0 Å². The molecular formula is C11H16N6O. The second-order valence-electron chi connectivity index (χ2n) is 4.50. The molecule has 1 aliphatic rings. The van der Waals surface area contributed by atoms with Gasteiger partial charge in [0.2, 0.25) is 0 Å². The number of nitrogens with two attached hydrogens (primary N) is 1. The average molecular weight is 248 g/mol. The number of hydrogen-bond donors (Lipinski definition) is 2. The van der Waals surface area contributed by atoms with Gasteiger partial charge in [0.05, 0.1) is 6.20 Å². The lowest BCUT2D eigenvalue weighted by molar-refractivity contribution is 0.429. The number of aromatic nitrogens is 4. The van der Waals surface area contributed by atoms with Crippen LogP contribution in [0.3, 0.4) is 0 Å². The molecule has 0 aliphatic carbocycles. The molecule has 2 aromatic rings. The summed E-state index contributed by atoms with van der Waals surface area (Å²) in [6, 6.07) is 0. The van der Waals surface area contributed by atoms with Crippen molar-refractivity contribution in [3.63, 3.8) is 0 Å². The van der Waals surface area contributed by atoms with E-state index < -0.39 is 0 Å². The summed E-state index contributed by atoms with van der Waals surface area (Å²) in [5.41, 5.74) is 6.38. The fourth-order valence-corrected chi connectivity index (χ4v) is 2.19. The van der Waals surface area contributed by atoms with Crippen molar-refractivity contribution >= 4 is 11.8 Å². The average Bonchev–Trinajstić information content (AvgIpc) is 2.91. The molecule has 7 nitrogen and oxygen atoms in total. The zero-order valence-corrected chi connectivity index (χ0v) is 10.1. The van der Waals surface area contributed by atoms with E-state index in [9.17, 15) is 0 Å². The summed E-state index contributed by atoms with van der Waals surface area (Å²) in [6.45, 7) is 1.97. The van der Waals surface area contributed by atoms with Crippen molar-refractivity contribution in [2.75, 3.05) is 23.7 Å². The van der Waals surface area contributed by atoms with Gasteiger partial charge in [-0.3, -0.25) is 5.10 Å². The van der Waals surface area contributed by atoms with Gasteiger partial charge in [-0.05, 0) is 18.0 Å². The molecule has 0 atom stereocenters. The van der Waals surface area contributed by atoms with Crippen LogP contribution in [0.1, 0.15) is 25.7 Å². The quantitative estimate of drug-likeness (QED) is 0.834. The third-order valence-corrected chi connectivity index (χ3v) is 3.20. The highest BCUT2D eigenvalue weighted by Gasteiger charge is 2.18. The zero-order valence-electron chi connectivity index (χ0n) is 10.1. The predicted octanol–water partition coefficient (Wildman–Crippen LogP) is 1.42. The van der Waals surface area contributed by atoms with Crippen LogP contribution in [-0.2, 0) is 0 Å². The third-order valence-electron chi connectivity index (χ3n) is 3.20. The molecule has 3 rings (SSSR count). The molecule has 1 fully saturated rings. The molecule has 3 heterocycles. The van der Waals surface area contributed by atoms with Gasteiger partial charge in [0.1, 0.15) is 11.4 Å². The molecule has 7 heteroatoms. The maximum absolute atomic E-state index is 5.73. The van der Waals surface area contributed by atoms with Crippen LogP contribution in [0.15, 0.2) is 10.7 Å². The summed E-state index contributed by atoms with van der Waals surface area (Å²) in [7, 11) is 0. The highest BCUT2D eigenvalue weighted by atomic mass is 16.5. The van der Waals surface area contributed by atoms with Gasteiger partial charge in [0, 0.05) is 13.1 Å². The maximum Gasteiger partial charge on any atom is 0.266 e. The van der Waals surface area contributed by atoms with E-state index in [4.69, 9.17) is 10.3 Å². The van der Waals surface area contributed by atoms with E-state index in [-0.39, 0.29) is 0 Å². The molecule has 96 valence electrons. The molecule has 18 heavy (non-hydrogen) atoms. The van der Waals surface area contributed by atoms with E-state index in [2.05, 4.69) is 25.2 Å². The van der Waals surface area contributed by atoms with E-state index >= 15 is 0 Å². The Labute approximate surface area is 104 Å². The minimum Gasteiger partial charge on any atom is -0.383 e. The Morgan fingerprint density at radius 1 is 1.22 bits per heavy atom. The number of H-pyrrole nitrogens is 1. The van der Waals surface area contributed by atoms with E-state index in [1.54, 1.807) is 6.20 Å². The van der Waals surface area contributed by atoms with Crippen molar-refractivity contribution in [2.24, 2.45) is 0 Å². The van der Waals surface area contributed by atoms with E-state index in [1.807, 2.05) is 0 Å². The lowest BCUT2D eigenvalue weighted by Gasteiger charge is -2.16. The zero-order chi connectivity index (χ0) is 12.4. The summed E-state index contributed by atoms with van der Waals surface area (Å²) in [4.78, 5) is 6.55. The van der Waals surface area contributed by atoms with Crippen molar-refractivity contribution in [1.82, 2.24) is 20.3 Å². The van der Waals surface area contributed by atoms with Crippen LogP contribution in [0.5, 0.6) is 0 Å². The molecule has 0 bridgehead atoms. The van der Waals surface area contributed by atoms with Crippen LogP contribution in [0.4, 0.5) is 11.8 Å². The highest BCUT2D eigenvalue weighted by molar-refractivity contribution is 5.66. The van der Waals surface area contributed by atoms with E-state index in [1.165, 1.54) is 25.7 Å². The van der Waals surface area contributed by atoms with Crippen molar-refractivity contribution in [1.29, 1.82) is 0 Å². The second-order valence-corrected chi connectivity index (χ2v) is 4.50. The van der Waals surface area contributed by atoms with E-state index in [0.29, 0.717) is 23.2 Å². The number of nitrogens with one attached hydrogen (secondary N) is 1. The summed E-state index contributed by atoms with van der Waals surface area (Å²) in [5.74, 6) is 1.51. The molecule has 0 spiro atoms. The number of aromatic amines is 1. The van der Waals surface area contributed by atoms with Crippen molar-refractivity contribution in [3.05, 3.63) is 6.20 Å². The van der Waals surface area contributed by atoms with Gasteiger partial charge >= 0.3 is 0 Å². The molecule has 1 saturated heterocycles. The summed E-state index contributed by atoms with van der Waals surface area (Å²) in [5, 5.41) is 10.5.